The first kappa shape index (κ1) is 12.0. The molecular formula is C13H17N5O. The van der Waals surface area contributed by atoms with E-state index in [9.17, 15) is 4.79 Å². The summed E-state index contributed by atoms with van der Waals surface area (Å²) in [6.45, 7) is 2.74. The summed E-state index contributed by atoms with van der Waals surface area (Å²) in [4.78, 5) is 21.4. The maximum atomic E-state index is 11.5. The first-order valence-electron chi connectivity index (χ1n) is 6.44. The average molecular weight is 259 g/mol. The molecule has 1 aromatic carbocycles. The van der Waals surface area contributed by atoms with Gasteiger partial charge in [0.05, 0.1) is 24.1 Å². The van der Waals surface area contributed by atoms with Gasteiger partial charge >= 0.3 is 0 Å². The Morgan fingerprint density at radius 1 is 1.42 bits per heavy atom. The first-order chi connectivity index (χ1) is 9.20. The minimum Gasteiger partial charge on any atom is -0.399 e. The molecular weight excluding hydrogens is 242 g/mol. The number of nitrogens with zero attached hydrogens (tertiary/aromatic N) is 2. The predicted octanol–water partition coefficient (Wildman–Crippen LogP) is 0.467. The highest BCUT2D eigenvalue weighted by atomic mass is 16.2. The zero-order valence-electron chi connectivity index (χ0n) is 10.6. The van der Waals surface area contributed by atoms with Crippen LogP contribution in [0.4, 0.5) is 5.69 Å². The fraction of sp³-hybridized carbons (Fsp3) is 0.385. The van der Waals surface area contributed by atoms with E-state index in [-0.39, 0.29) is 5.91 Å². The number of imidazole rings is 1. The van der Waals surface area contributed by atoms with Crippen molar-refractivity contribution in [3.8, 4) is 0 Å². The number of aromatic nitrogens is 2. The molecule has 1 fully saturated rings. The van der Waals surface area contributed by atoms with Gasteiger partial charge in [-0.15, -0.1) is 0 Å². The smallest absolute Gasteiger partial charge is 0.234 e. The van der Waals surface area contributed by atoms with Crippen LogP contribution in [-0.4, -0.2) is 40.4 Å². The van der Waals surface area contributed by atoms with E-state index in [0.717, 1.165) is 42.1 Å². The summed E-state index contributed by atoms with van der Waals surface area (Å²) in [7, 11) is 0. The molecule has 0 aliphatic carbocycles. The van der Waals surface area contributed by atoms with Crippen LogP contribution in [0.2, 0.25) is 0 Å². The van der Waals surface area contributed by atoms with Gasteiger partial charge in [-0.1, -0.05) is 0 Å². The molecule has 2 aromatic rings. The van der Waals surface area contributed by atoms with Crippen molar-refractivity contribution in [2.24, 2.45) is 0 Å². The molecule has 3 rings (SSSR count). The maximum Gasteiger partial charge on any atom is 0.234 e. The average Bonchev–Trinajstić information content (AvgIpc) is 2.63. The monoisotopic (exact) mass is 259 g/mol. The Morgan fingerprint density at radius 3 is 3.21 bits per heavy atom. The molecule has 1 amide bonds. The van der Waals surface area contributed by atoms with Gasteiger partial charge in [0.2, 0.25) is 5.91 Å². The minimum absolute atomic E-state index is 0.0813. The van der Waals surface area contributed by atoms with Gasteiger partial charge < -0.3 is 16.0 Å². The van der Waals surface area contributed by atoms with Crippen molar-refractivity contribution < 1.29 is 4.79 Å². The third-order valence-corrected chi connectivity index (χ3v) is 3.27. The summed E-state index contributed by atoms with van der Waals surface area (Å²) in [5.74, 6) is 0.952. The van der Waals surface area contributed by atoms with Crippen LogP contribution in [0.5, 0.6) is 0 Å². The second-order valence-electron chi connectivity index (χ2n) is 4.87. The predicted molar refractivity (Wildman–Crippen MR) is 73.4 cm³/mol. The molecule has 0 atom stereocenters. The Kier molecular flexibility index (Phi) is 3.08. The van der Waals surface area contributed by atoms with Crippen LogP contribution in [0, 0.1) is 0 Å². The number of carbonyl (C=O) groups excluding carboxylic acids is 1. The molecule has 0 bridgehead atoms. The SMILES string of the molecule is Nc1ccc2nc(CN3CCCNC(=O)C3)[nH]c2c1. The molecule has 100 valence electrons. The molecule has 0 radical (unpaired) electrons. The number of anilines is 1. The number of nitrogen functional groups attached to an aromatic ring is 1. The molecule has 0 saturated carbocycles. The van der Waals surface area contributed by atoms with E-state index >= 15 is 0 Å². The van der Waals surface area contributed by atoms with Crippen molar-refractivity contribution in [3.05, 3.63) is 24.0 Å². The van der Waals surface area contributed by atoms with Gasteiger partial charge in [-0.3, -0.25) is 9.69 Å². The lowest BCUT2D eigenvalue weighted by molar-refractivity contribution is -0.121. The number of aromatic amines is 1. The van der Waals surface area contributed by atoms with Crippen LogP contribution in [0.25, 0.3) is 11.0 Å². The fourth-order valence-corrected chi connectivity index (χ4v) is 2.37. The van der Waals surface area contributed by atoms with Crippen LogP contribution in [0.3, 0.4) is 0 Å². The molecule has 1 saturated heterocycles. The van der Waals surface area contributed by atoms with Crippen LogP contribution < -0.4 is 11.1 Å². The number of rotatable bonds is 2. The van der Waals surface area contributed by atoms with E-state index in [2.05, 4.69) is 20.2 Å². The van der Waals surface area contributed by atoms with Gasteiger partial charge in [0.15, 0.2) is 0 Å². The van der Waals surface area contributed by atoms with Crippen molar-refractivity contribution >= 4 is 22.6 Å². The first-order valence-corrected chi connectivity index (χ1v) is 6.44. The molecule has 4 N–H and O–H groups in total. The van der Waals surface area contributed by atoms with E-state index in [1.165, 1.54) is 0 Å². The Morgan fingerprint density at radius 2 is 2.32 bits per heavy atom. The molecule has 1 aromatic heterocycles. The topological polar surface area (TPSA) is 87.0 Å². The third-order valence-electron chi connectivity index (χ3n) is 3.27. The Labute approximate surface area is 111 Å². The largest absolute Gasteiger partial charge is 0.399 e. The summed E-state index contributed by atoms with van der Waals surface area (Å²) in [5, 5.41) is 2.87. The van der Waals surface area contributed by atoms with Crippen molar-refractivity contribution in [2.75, 3.05) is 25.4 Å². The lowest BCUT2D eigenvalue weighted by Crippen LogP contribution is -2.32. The number of benzene rings is 1. The van der Waals surface area contributed by atoms with Crippen molar-refractivity contribution in [2.45, 2.75) is 13.0 Å². The number of carbonyl (C=O) groups is 1. The summed E-state index contributed by atoms with van der Waals surface area (Å²) in [6, 6.07) is 5.62. The number of fused-ring (bicyclic) bond motifs is 1. The van der Waals surface area contributed by atoms with Gasteiger partial charge in [-0.05, 0) is 24.6 Å². The number of nitrogens with two attached hydrogens (primary N) is 1. The van der Waals surface area contributed by atoms with Crippen LogP contribution in [0.15, 0.2) is 18.2 Å². The van der Waals surface area contributed by atoms with E-state index in [4.69, 9.17) is 5.73 Å². The molecule has 1 aliphatic heterocycles. The molecule has 6 nitrogen and oxygen atoms in total. The molecule has 0 spiro atoms. The van der Waals surface area contributed by atoms with Crippen molar-refractivity contribution in [3.63, 3.8) is 0 Å². The molecule has 2 heterocycles. The van der Waals surface area contributed by atoms with Crippen molar-refractivity contribution in [1.82, 2.24) is 20.2 Å². The Hall–Kier alpha value is -2.08. The quantitative estimate of drug-likeness (QED) is 0.684. The summed E-state index contributed by atoms with van der Waals surface area (Å²) >= 11 is 0. The fourth-order valence-electron chi connectivity index (χ4n) is 2.37. The highest BCUT2D eigenvalue weighted by molar-refractivity contribution is 5.79. The molecule has 19 heavy (non-hydrogen) atoms. The second-order valence-corrected chi connectivity index (χ2v) is 4.87. The van der Waals surface area contributed by atoms with Gasteiger partial charge in [0.1, 0.15) is 5.82 Å². The van der Waals surface area contributed by atoms with E-state index in [0.29, 0.717) is 13.1 Å². The number of nitrogens with one attached hydrogen (secondary N) is 2. The van der Waals surface area contributed by atoms with Gasteiger partial charge in [0.25, 0.3) is 0 Å². The number of hydrogen-bond donors (Lipinski definition) is 3. The zero-order chi connectivity index (χ0) is 13.2. The lowest BCUT2D eigenvalue weighted by Gasteiger charge is -2.16. The van der Waals surface area contributed by atoms with Crippen LogP contribution in [-0.2, 0) is 11.3 Å². The van der Waals surface area contributed by atoms with Gasteiger partial charge in [-0.2, -0.15) is 0 Å². The normalized spacial score (nSPS) is 17.4. The minimum atomic E-state index is 0.0813. The van der Waals surface area contributed by atoms with Gasteiger partial charge in [-0.25, -0.2) is 4.98 Å². The summed E-state index contributed by atoms with van der Waals surface area (Å²) in [6.07, 6.45) is 0.971. The number of hydrogen-bond acceptors (Lipinski definition) is 4. The molecule has 6 heteroatoms. The van der Waals surface area contributed by atoms with Crippen molar-refractivity contribution in [1.29, 1.82) is 0 Å². The Balaban J connectivity index is 1.78. The molecule has 0 unspecified atom stereocenters. The standard InChI is InChI=1S/C13H17N5O/c14-9-2-3-10-11(6-9)17-12(16-10)7-18-5-1-4-15-13(19)8-18/h2-3,6H,1,4-5,7-8,14H2,(H,15,19)(H,16,17). The third kappa shape index (κ3) is 2.68. The summed E-state index contributed by atoms with van der Waals surface area (Å²) in [5.41, 5.74) is 8.31. The zero-order valence-corrected chi connectivity index (χ0v) is 10.6. The Bertz CT molecular complexity index is 606. The summed E-state index contributed by atoms with van der Waals surface area (Å²) < 4.78 is 0. The highest BCUT2D eigenvalue weighted by Gasteiger charge is 2.16. The van der Waals surface area contributed by atoms with E-state index < -0.39 is 0 Å². The van der Waals surface area contributed by atoms with Gasteiger partial charge in [0, 0.05) is 18.8 Å². The van der Waals surface area contributed by atoms with E-state index in [1.807, 2.05) is 18.2 Å². The molecule has 1 aliphatic rings. The van der Waals surface area contributed by atoms with Crippen LogP contribution >= 0.6 is 0 Å². The second kappa shape index (κ2) is 4.89. The maximum absolute atomic E-state index is 11.5. The van der Waals surface area contributed by atoms with E-state index in [1.54, 1.807) is 0 Å². The van der Waals surface area contributed by atoms with Crippen LogP contribution in [0.1, 0.15) is 12.2 Å². The highest BCUT2D eigenvalue weighted by Crippen LogP contribution is 2.16. The number of amides is 1. The number of H-pyrrole nitrogens is 1. The lowest BCUT2D eigenvalue weighted by atomic mass is 10.3.